The number of hydrogen-bond acceptors (Lipinski definition) is 4. The third kappa shape index (κ3) is 3.77. The summed E-state index contributed by atoms with van der Waals surface area (Å²) in [6, 6.07) is 10.1. The van der Waals surface area contributed by atoms with E-state index in [9.17, 15) is 0 Å². The van der Waals surface area contributed by atoms with Gasteiger partial charge in [-0.3, -0.25) is 0 Å². The smallest absolute Gasteiger partial charge is 0.119 e. The summed E-state index contributed by atoms with van der Waals surface area (Å²) in [5.74, 6) is 1.74. The van der Waals surface area contributed by atoms with Gasteiger partial charge in [0.15, 0.2) is 0 Å². The Kier molecular flexibility index (Phi) is 4.78. The fraction of sp³-hybridized carbons (Fsp3) is 0.412. The molecular weight excluding hydrogens is 282 g/mol. The minimum absolute atomic E-state index is 0.678. The molecule has 1 aliphatic rings. The summed E-state index contributed by atoms with van der Waals surface area (Å²) in [4.78, 5) is 3.05. The van der Waals surface area contributed by atoms with Crippen molar-refractivity contribution in [1.29, 1.82) is 0 Å². The van der Waals surface area contributed by atoms with Crippen LogP contribution in [-0.4, -0.2) is 20.3 Å². The van der Waals surface area contributed by atoms with Gasteiger partial charge >= 0.3 is 0 Å². The average molecular weight is 303 g/mol. The summed E-state index contributed by atoms with van der Waals surface area (Å²) >= 11 is 1.96. The van der Waals surface area contributed by atoms with Crippen LogP contribution in [0.3, 0.4) is 0 Å². The van der Waals surface area contributed by atoms with Crippen LogP contribution in [0.2, 0.25) is 0 Å². The standard InChI is InChI=1S/C17H21NO2S/c1-19-14-5-7-15(8-6-14)20-10-9-18-12-16-11-13-3-2-4-17(13)21-16/h5-8,11,18H,2-4,9-10,12H2,1H3. The second-order valence-corrected chi connectivity index (χ2v) is 6.44. The molecule has 0 saturated carbocycles. The molecule has 1 aromatic heterocycles. The van der Waals surface area contributed by atoms with Gasteiger partial charge in [-0.1, -0.05) is 0 Å². The SMILES string of the molecule is COc1ccc(OCCNCc2cc3c(s2)CCC3)cc1. The second-order valence-electron chi connectivity index (χ2n) is 5.22. The minimum atomic E-state index is 0.678. The van der Waals surface area contributed by atoms with E-state index in [1.165, 1.54) is 24.1 Å². The number of aryl methyl sites for hydroxylation is 2. The van der Waals surface area contributed by atoms with Crippen LogP contribution in [0.4, 0.5) is 0 Å². The number of rotatable bonds is 7. The van der Waals surface area contributed by atoms with E-state index in [4.69, 9.17) is 9.47 Å². The van der Waals surface area contributed by atoms with Crippen LogP contribution in [0.1, 0.15) is 21.7 Å². The maximum absolute atomic E-state index is 5.69. The molecule has 0 saturated heterocycles. The quantitative estimate of drug-likeness (QED) is 0.795. The van der Waals surface area contributed by atoms with Crippen LogP contribution in [0.5, 0.6) is 11.5 Å². The van der Waals surface area contributed by atoms with Gasteiger partial charge in [-0.15, -0.1) is 11.3 Å². The fourth-order valence-corrected chi connectivity index (χ4v) is 3.83. The highest BCUT2D eigenvalue weighted by Gasteiger charge is 2.14. The molecule has 1 N–H and O–H groups in total. The molecule has 112 valence electrons. The Hall–Kier alpha value is -1.52. The highest BCUT2D eigenvalue weighted by molar-refractivity contribution is 7.12. The predicted molar refractivity (Wildman–Crippen MR) is 86.5 cm³/mol. The molecule has 0 unspecified atom stereocenters. The molecule has 0 fully saturated rings. The van der Waals surface area contributed by atoms with Crippen LogP contribution < -0.4 is 14.8 Å². The predicted octanol–water partition coefficient (Wildman–Crippen LogP) is 3.41. The van der Waals surface area contributed by atoms with Crippen molar-refractivity contribution in [2.24, 2.45) is 0 Å². The monoisotopic (exact) mass is 303 g/mol. The molecule has 0 bridgehead atoms. The van der Waals surface area contributed by atoms with Crippen molar-refractivity contribution in [3.8, 4) is 11.5 Å². The maximum Gasteiger partial charge on any atom is 0.119 e. The largest absolute Gasteiger partial charge is 0.497 e. The van der Waals surface area contributed by atoms with Crippen molar-refractivity contribution in [2.45, 2.75) is 25.8 Å². The van der Waals surface area contributed by atoms with E-state index in [1.807, 2.05) is 35.6 Å². The van der Waals surface area contributed by atoms with Crippen molar-refractivity contribution in [3.63, 3.8) is 0 Å². The Bertz CT molecular complexity index is 555. The van der Waals surface area contributed by atoms with Crippen molar-refractivity contribution >= 4 is 11.3 Å². The van der Waals surface area contributed by atoms with E-state index in [-0.39, 0.29) is 0 Å². The molecule has 1 aliphatic carbocycles. The van der Waals surface area contributed by atoms with Crippen molar-refractivity contribution < 1.29 is 9.47 Å². The highest BCUT2D eigenvalue weighted by atomic mass is 32.1. The molecule has 0 atom stereocenters. The summed E-state index contributed by atoms with van der Waals surface area (Å²) in [6.45, 7) is 2.48. The molecule has 4 heteroatoms. The highest BCUT2D eigenvalue weighted by Crippen LogP contribution is 2.30. The zero-order valence-electron chi connectivity index (χ0n) is 12.4. The molecule has 2 aromatic rings. The summed E-state index contributed by atoms with van der Waals surface area (Å²) < 4.78 is 10.8. The van der Waals surface area contributed by atoms with Gasteiger partial charge in [0, 0.05) is 22.8 Å². The molecule has 21 heavy (non-hydrogen) atoms. The van der Waals surface area contributed by atoms with Gasteiger partial charge in [0.05, 0.1) is 7.11 Å². The van der Waals surface area contributed by atoms with E-state index in [2.05, 4.69) is 11.4 Å². The first-order valence-electron chi connectivity index (χ1n) is 7.43. The number of fused-ring (bicyclic) bond motifs is 1. The number of methoxy groups -OCH3 is 1. The molecule has 0 spiro atoms. The van der Waals surface area contributed by atoms with E-state index < -0.39 is 0 Å². The fourth-order valence-electron chi connectivity index (χ4n) is 2.60. The molecule has 0 aliphatic heterocycles. The van der Waals surface area contributed by atoms with Crippen LogP contribution in [-0.2, 0) is 19.4 Å². The lowest BCUT2D eigenvalue weighted by molar-refractivity contribution is 0.313. The molecule has 1 aromatic carbocycles. The lowest BCUT2D eigenvalue weighted by Gasteiger charge is -2.07. The van der Waals surface area contributed by atoms with Crippen LogP contribution in [0, 0.1) is 0 Å². The first-order chi connectivity index (χ1) is 10.3. The number of benzene rings is 1. The summed E-state index contributed by atoms with van der Waals surface area (Å²) in [6.07, 6.45) is 3.89. The van der Waals surface area contributed by atoms with Gasteiger partial charge in [0.2, 0.25) is 0 Å². The van der Waals surface area contributed by atoms with Gasteiger partial charge in [-0.25, -0.2) is 0 Å². The summed E-state index contributed by atoms with van der Waals surface area (Å²) in [5.41, 5.74) is 1.58. The van der Waals surface area contributed by atoms with Crippen LogP contribution in [0.15, 0.2) is 30.3 Å². The molecule has 1 heterocycles. The van der Waals surface area contributed by atoms with Gasteiger partial charge in [0.25, 0.3) is 0 Å². The molecular formula is C17H21NO2S. The topological polar surface area (TPSA) is 30.5 Å². The van der Waals surface area contributed by atoms with Crippen LogP contribution in [0.25, 0.3) is 0 Å². The molecule has 3 rings (SSSR count). The Morgan fingerprint density at radius 2 is 1.95 bits per heavy atom. The van der Waals surface area contributed by atoms with Gasteiger partial charge < -0.3 is 14.8 Å². The Morgan fingerprint density at radius 3 is 2.71 bits per heavy atom. The lowest BCUT2D eigenvalue weighted by atomic mass is 10.2. The zero-order valence-corrected chi connectivity index (χ0v) is 13.2. The normalized spacial score (nSPS) is 13.2. The van der Waals surface area contributed by atoms with E-state index >= 15 is 0 Å². The number of hydrogen-bond donors (Lipinski definition) is 1. The first kappa shape index (κ1) is 14.4. The third-order valence-corrected chi connectivity index (χ3v) is 4.94. The van der Waals surface area contributed by atoms with E-state index in [0.29, 0.717) is 6.61 Å². The first-order valence-corrected chi connectivity index (χ1v) is 8.25. The number of thiophene rings is 1. The van der Waals surface area contributed by atoms with Crippen LogP contribution >= 0.6 is 11.3 Å². The zero-order chi connectivity index (χ0) is 14.5. The van der Waals surface area contributed by atoms with Gasteiger partial charge in [-0.2, -0.15) is 0 Å². The van der Waals surface area contributed by atoms with Gasteiger partial charge in [-0.05, 0) is 55.2 Å². The van der Waals surface area contributed by atoms with E-state index in [1.54, 1.807) is 17.6 Å². The van der Waals surface area contributed by atoms with Crippen molar-refractivity contribution in [1.82, 2.24) is 5.32 Å². The summed E-state index contributed by atoms with van der Waals surface area (Å²) in [5, 5.41) is 3.44. The summed E-state index contributed by atoms with van der Waals surface area (Å²) in [7, 11) is 1.67. The number of nitrogens with one attached hydrogen (secondary N) is 1. The lowest BCUT2D eigenvalue weighted by Crippen LogP contribution is -2.20. The number of ether oxygens (including phenoxy) is 2. The Labute approximate surface area is 129 Å². The van der Waals surface area contributed by atoms with E-state index in [0.717, 1.165) is 24.6 Å². The molecule has 0 radical (unpaired) electrons. The Balaban J connectivity index is 1.36. The minimum Gasteiger partial charge on any atom is -0.497 e. The Morgan fingerprint density at radius 1 is 1.14 bits per heavy atom. The average Bonchev–Trinajstić information content (AvgIpc) is 3.09. The molecule has 0 amide bonds. The molecule has 3 nitrogen and oxygen atoms in total. The second kappa shape index (κ2) is 6.96. The van der Waals surface area contributed by atoms with Crippen molar-refractivity contribution in [2.75, 3.05) is 20.3 Å². The van der Waals surface area contributed by atoms with Gasteiger partial charge in [0.1, 0.15) is 18.1 Å². The van der Waals surface area contributed by atoms with Crippen molar-refractivity contribution in [3.05, 3.63) is 45.6 Å². The maximum atomic E-state index is 5.69. The third-order valence-electron chi connectivity index (χ3n) is 3.70.